The second-order valence-corrected chi connectivity index (χ2v) is 5.71. The van der Waals surface area contributed by atoms with Crippen LogP contribution in [0.25, 0.3) is 10.9 Å². The van der Waals surface area contributed by atoms with Gasteiger partial charge in [0.15, 0.2) is 0 Å². The van der Waals surface area contributed by atoms with Crippen molar-refractivity contribution >= 4 is 34.2 Å². The molecule has 0 aliphatic carbocycles. The molecule has 0 radical (unpaired) electrons. The topological polar surface area (TPSA) is 92.0 Å². The van der Waals surface area contributed by atoms with E-state index in [-0.39, 0.29) is 0 Å². The number of aromatic nitrogens is 3. The zero-order valence-corrected chi connectivity index (χ0v) is 13.2. The first kappa shape index (κ1) is 14.6. The van der Waals surface area contributed by atoms with Crippen LogP contribution in [0.15, 0.2) is 42.6 Å². The van der Waals surface area contributed by atoms with Crippen molar-refractivity contribution in [3.63, 3.8) is 0 Å². The van der Waals surface area contributed by atoms with E-state index in [0.29, 0.717) is 17.6 Å². The van der Waals surface area contributed by atoms with Crippen molar-refractivity contribution in [2.45, 2.75) is 0 Å². The molecule has 0 saturated carbocycles. The summed E-state index contributed by atoms with van der Waals surface area (Å²) in [5.74, 6) is 1.61. The van der Waals surface area contributed by atoms with Crippen LogP contribution in [0.2, 0.25) is 0 Å². The molecule has 122 valence electrons. The molecule has 0 unspecified atom stereocenters. The number of para-hydroxylation sites is 1. The van der Waals surface area contributed by atoms with E-state index >= 15 is 0 Å². The van der Waals surface area contributed by atoms with Gasteiger partial charge < -0.3 is 21.3 Å². The first-order valence-corrected chi connectivity index (χ1v) is 8.00. The number of nitrogens with one attached hydrogen (secondary N) is 2. The largest absolute Gasteiger partial charge is 0.383 e. The van der Waals surface area contributed by atoms with Crippen molar-refractivity contribution < 1.29 is 0 Å². The van der Waals surface area contributed by atoms with Gasteiger partial charge in [-0.05, 0) is 24.3 Å². The van der Waals surface area contributed by atoms with Crippen molar-refractivity contribution in [1.29, 1.82) is 0 Å². The van der Waals surface area contributed by atoms with Crippen molar-refractivity contribution in [3.8, 4) is 0 Å². The van der Waals surface area contributed by atoms with Crippen molar-refractivity contribution in [3.05, 3.63) is 42.6 Å². The highest BCUT2D eigenvalue weighted by molar-refractivity contribution is 5.89. The molecular formula is C17H19N7. The zero-order chi connectivity index (χ0) is 16.4. The number of piperazine rings is 1. The average molecular weight is 321 g/mol. The Hall–Kier alpha value is -2.93. The summed E-state index contributed by atoms with van der Waals surface area (Å²) in [5, 5.41) is 7.32. The van der Waals surface area contributed by atoms with Crippen LogP contribution in [-0.2, 0) is 0 Å². The number of rotatable bonds is 3. The molecule has 7 heteroatoms. The lowest BCUT2D eigenvalue weighted by Gasteiger charge is -2.29. The lowest BCUT2D eigenvalue weighted by atomic mass is 10.2. The first-order valence-electron chi connectivity index (χ1n) is 8.00. The van der Waals surface area contributed by atoms with E-state index in [9.17, 15) is 0 Å². The number of nitrogens with two attached hydrogens (primary N) is 1. The van der Waals surface area contributed by atoms with E-state index in [1.54, 1.807) is 0 Å². The summed E-state index contributed by atoms with van der Waals surface area (Å²) in [7, 11) is 0. The Morgan fingerprint density at radius 1 is 1.04 bits per heavy atom. The quantitative estimate of drug-likeness (QED) is 0.677. The van der Waals surface area contributed by atoms with Crippen LogP contribution in [0.4, 0.5) is 23.3 Å². The molecule has 24 heavy (non-hydrogen) atoms. The third-order valence-electron chi connectivity index (χ3n) is 4.10. The van der Waals surface area contributed by atoms with Gasteiger partial charge in [0.1, 0.15) is 11.6 Å². The molecule has 0 bridgehead atoms. The molecule has 1 aliphatic rings. The van der Waals surface area contributed by atoms with E-state index in [1.807, 2.05) is 36.5 Å². The number of hydrogen-bond donors (Lipinski definition) is 3. The molecule has 7 nitrogen and oxygen atoms in total. The molecule has 0 atom stereocenters. The standard InChI is InChI=1S/C17H19N7/c18-16-13-3-1-2-4-14(13)21-17(23-16)22-15-6-5-12(11-20-15)24-9-7-19-8-10-24/h1-6,11,19H,7-10H2,(H3,18,20,21,22,23). The summed E-state index contributed by atoms with van der Waals surface area (Å²) in [4.78, 5) is 15.6. The van der Waals surface area contributed by atoms with Crippen LogP contribution in [0.3, 0.4) is 0 Å². The molecule has 1 saturated heterocycles. The summed E-state index contributed by atoms with van der Waals surface area (Å²) in [5.41, 5.74) is 7.94. The number of benzene rings is 1. The summed E-state index contributed by atoms with van der Waals surface area (Å²) >= 11 is 0. The third-order valence-corrected chi connectivity index (χ3v) is 4.10. The Bertz CT molecular complexity index is 841. The van der Waals surface area contributed by atoms with Crippen LogP contribution in [0.1, 0.15) is 0 Å². The van der Waals surface area contributed by atoms with Gasteiger partial charge in [-0.25, -0.2) is 9.97 Å². The van der Waals surface area contributed by atoms with E-state index in [2.05, 4.69) is 36.6 Å². The van der Waals surface area contributed by atoms with E-state index in [4.69, 9.17) is 5.73 Å². The fourth-order valence-corrected chi connectivity index (χ4v) is 2.84. The van der Waals surface area contributed by atoms with Crippen LogP contribution < -0.4 is 21.3 Å². The van der Waals surface area contributed by atoms with Crippen LogP contribution in [0, 0.1) is 0 Å². The molecule has 3 heterocycles. The minimum atomic E-state index is 0.452. The number of hydrogen-bond acceptors (Lipinski definition) is 7. The van der Waals surface area contributed by atoms with Crippen molar-refractivity contribution in [1.82, 2.24) is 20.3 Å². The number of anilines is 4. The molecule has 1 aromatic carbocycles. The van der Waals surface area contributed by atoms with E-state index in [1.165, 1.54) is 0 Å². The molecule has 3 aromatic rings. The third kappa shape index (κ3) is 2.93. The van der Waals surface area contributed by atoms with Crippen molar-refractivity contribution in [2.75, 3.05) is 42.1 Å². The lowest BCUT2D eigenvalue weighted by Crippen LogP contribution is -2.43. The summed E-state index contributed by atoms with van der Waals surface area (Å²) in [6, 6.07) is 11.7. The maximum atomic E-state index is 6.01. The van der Waals surface area contributed by atoms with Crippen LogP contribution >= 0.6 is 0 Å². The van der Waals surface area contributed by atoms with E-state index < -0.39 is 0 Å². The smallest absolute Gasteiger partial charge is 0.230 e. The number of fused-ring (bicyclic) bond motifs is 1. The monoisotopic (exact) mass is 321 g/mol. The Morgan fingerprint density at radius 3 is 2.67 bits per heavy atom. The van der Waals surface area contributed by atoms with Gasteiger partial charge in [-0.2, -0.15) is 4.98 Å². The predicted molar refractivity (Wildman–Crippen MR) is 96.6 cm³/mol. The van der Waals surface area contributed by atoms with Crippen molar-refractivity contribution in [2.24, 2.45) is 0 Å². The van der Waals surface area contributed by atoms with Crippen LogP contribution in [-0.4, -0.2) is 41.1 Å². The SMILES string of the molecule is Nc1nc(Nc2ccc(N3CCNCC3)cn2)nc2ccccc12. The lowest BCUT2D eigenvalue weighted by molar-refractivity contribution is 0.589. The average Bonchev–Trinajstić information content (AvgIpc) is 2.63. The Kier molecular flexibility index (Phi) is 3.84. The molecule has 0 spiro atoms. The van der Waals surface area contributed by atoms with Gasteiger partial charge in [-0.3, -0.25) is 0 Å². The zero-order valence-electron chi connectivity index (χ0n) is 13.2. The van der Waals surface area contributed by atoms with Gasteiger partial charge in [-0.15, -0.1) is 0 Å². The summed E-state index contributed by atoms with van der Waals surface area (Å²) < 4.78 is 0. The molecule has 4 rings (SSSR count). The first-order chi connectivity index (χ1) is 11.8. The molecule has 0 amide bonds. The highest BCUT2D eigenvalue weighted by Crippen LogP contribution is 2.21. The molecule has 2 aromatic heterocycles. The Labute approximate surface area is 139 Å². The number of pyridine rings is 1. The molecule has 1 aliphatic heterocycles. The molecule has 1 fully saturated rings. The van der Waals surface area contributed by atoms with Gasteiger partial charge >= 0.3 is 0 Å². The summed E-state index contributed by atoms with van der Waals surface area (Å²) in [6.07, 6.45) is 1.87. The number of nitrogens with zero attached hydrogens (tertiary/aromatic N) is 4. The number of nitrogen functional groups attached to an aromatic ring is 1. The van der Waals surface area contributed by atoms with E-state index in [0.717, 1.165) is 42.8 Å². The van der Waals surface area contributed by atoms with Gasteiger partial charge in [0.05, 0.1) is 17.4 Å². The predicted octanol–water partition coefficient (Wildman–Crippen LogP) is 1.76. The summed E-state index contributed by atoms with van der Waals surface area (Å²) in [6.45, 7) is 4.01. The highest BCUT2D eigenvalue weighted by atomic mass is 15.2. The second kappa shape index (κ2) is 6.29. The minimum Gasteiger partial charge on any atom is -0.383 e. The maximum absolute atomic E-state index is 6.01. The Balaban J connectivity index is 1.54. The normalized spacial score (nSPS) is 14.8. The fourth-order valence-electron chi connectivity index (χ4n) is 2.84. The van der Waals surface area contributed by atoms with Gasteiger partial charge in [0.25, 0.3) is 0 Å². The fraction of sp³-hybridized carbons (Fsp3) is 0.235. The highest BCUT2D eigenvalue weighted by Gasteiger charge is 2.11. The second-order valence-electron chi connectivity index (χ2n) is 5.71. The van der Waals surface area contributed by atoms with Gasteiger partial charge in [0, 0.05) is 31.6 Å². The van der Waals surface area contributed by atoms with Gasteiger partial charge in [-0.1, -0.05) is 12.1 Å². The molecular weight excluding hydrogens is 302 g/mol. The maximum Gasteiger partial charge on any atom is 0.230 e. The molecule has 4 N–H and O–H groups in total. The minimum absolute atomic E-state index is 0.452. The van der Waals surface area contributed by atoms with Crippen LogP contribution in [0.5, 0.6) is 0 Å². The Morgan fingerprint density at radius 2 is 1.88 bits per heavy atom. The van der Waals surface area contributed by atoms with Gasteiger partial charge in [0.2, 0.25) is 5.95 Å².